The fourth-order valence-electron chi connectivity index (χ4n) is 1.93. The highest BCUT2D eigenvalue weighted by atomic mass is 16.1. The van der Waals surface area contributed by atoms with Gasteiger partial charge in [0.05, 0.1) is 0 Å². The number of carbonyl (C=O) groups excluding carboxylic acids is 1. The normalized spacial score (nSPS) is 10.1. The molecule has 0 heterocycles. The minimum atomic E-state index is 0.0841. The zero-order valence-corrected chi connectivity index (χ0v) is 11.5. The molecule has 0 atom stereocenters. The number of hydrogen-bond acceptors (Lipinski definition) is 3. The van der Waals surface area contributed by atoms with Crippen molar-refractivity contribution in [3.8, 4) is 0 Å². The number of nitrogens with one attached hydrogen (secondary N) is 1. The van der Waals surface area contributed by atoms with Crippen LogP contribution < -0.4 is 10.2 Å². The van der Waals surface area contributed by atoms with Gasteiger partial charge in [-0.15, -0.1) is 0 Å². The number of Topliss-reactive ketones (excluding diaryl/α,β-unsaturated/α-hetero) is 1. The standard InChI is InChI=1S/C16H18N2O/c1-12(19)13-5-4-6-16(11-13)18(3)15-9-7-14(17-2)8-10-15/h4-11,17H,1-3H3. The summed E-state index contributed by atoms with van der Waals surface area (Å²) in [6, 6.07) is 15.8. The minimum absolute atomic E-state index is 0.0841. The molecule has 0 bridgehead atoms. The molecule has 0 unspecified atom stereocenters. The highest BCUT2D eigenvalue weighted by Crippen LogP contribution is 2.25. The van der Waals surface area contributed by atoms with Crippen LogP contribution in [0.3, 0.4) is 0 Å². The van der Waals surface area contributed by atoms with Gasteiger partial charge in [-0.2, -0.15) is 0 Å². The van der Waals surface area contributed by atoms with Crippen molar-refractivity contribution in [3.05, 3.63) is 54.1 Å². The fourth-order valence-corrected chi connectivity index (χ4v) is 1.93. The monoisotopic (exact) mass is 254 g/mol. The van der Waals surface area contributed by atoms with Gasteiger partial charge in [0.2, 0.25) is 0 Å². The van der Waals surface area contributed by atoms with E-state index in [1.807, 2.05) is 62.6 Å². The van der Waals surface area contributed by atoms with Crippen LogP contribution >= 0.6 is 0 Å². The van der Waals surface area contributed by atoms with Gasteiger partial charge >= 0.3 is 0 Å². The number of rotatable bonds is 4. The van der Waals surface area contributed by atoms with E-state index < -0.39 is 0 Å². The second-order valence-electron chi connectivity index (χ2n) is 4.46. The maximum atomic E-state index is 11.4. The molecule has 1 N–H and O–H groups in total. The molecule has 0 amide bonds. The molecule has 0 aliphatic heterocycles. The van der Waals surface area contributed by atoms with E-state index in [0.29, 0.717) is 0 Å². The molecule has 0 saturated heterocycles. The predicted molar refractivity (Wildman–Crippen MR) is 80.5 cm³/mol. The van der Waals surface area contributed by atoms with E-state index in [-0.39, 0.29) is 5.78 Å². The van der Waals surface area contributed by atoms with Gasteiger partial charge in [-0.25, -0.2) is 0 Å². The molecule has 0 spiro atoms. The van der Waals surface area contributed by atoms with E-state index in [1.54, 1.807) is 6.92 Å². The van der Waals surface area contributed by atoms with Gasteiger partial charge in [0, 0.05) is 36.7 Å². The van der Waals surface area contributed by atoms with E-state index in [0.717, 1.165) is 22.6 Å². The molecule has 0 aliphatic carbocycles. The van der Waals surface area contributed by atoms with Gasteiger partial charge in [0.25, 0.3) is 0 Å². The van der Waals surface area contributed by atoms with Crippen LogP contribution in [0, 0.1) is 0 Å². The third kappa shape index (κ3) is 2.94. The lowest BCUT2D eigenvalue weighted by Crippen LogP contribution is -2.10. The number of nitrogens with zero attached hydrogens (tertiary/aromatic N) is 1. The van der Waals surface area contributed by atoms with Crippen molar-refractivity contribution in [2.24, 2.45) is 0 Å². The molecule has 0 saturated carbocycles. The Morgan fingerprint density at radius 2 is 1.74 bits per heavy atom. The van der Waals surface area contributed by atoms with Crippen molar-refractivity contribution in [1.29, 1.82) is 0 Å². The lowest BCUT2D eigenvalue weighted by atomic mass is 10.1. The van der Waals surface area contributed by atoms with Gasteiger partial charge in [-0.3, -0.25) is 4.79 Å². The quantitative estimate of drug-likeness (QED) is 0.844. The average molecular weight is 254 g/mol. The molecular formula is C16H18N2O. The highest BCUT2D eigenvalue weighted by Gasteiger charge is 2.06. The zero-order valence-electron chi connectivity index (χ0n) is 11.5. The molecule has 2 aromatic rings. The average Bonchev–Trinajstić information content (AvgIpc) is 2.46. The first kappa shape index (κ1) is 13.1. The Balaban J connectivity index is 2.29. The molecule has 19 heavy (non-hydrogen) atoms. The Kier molecular flexibility index (Phi) is 3.85. The summed E-state index contributed by atoms with van der Waals surface area (Å²) in [5.74, 6) is 0.0841. The minimum Gasteiger partial charge on any atom is -0.388 e. The Hall–Kier alpha value is -2.29. The predicted octanol–water partition coefficient (Wildman–Crippen LogP) is 3.70. The number of hydrogen-bond donors (Lipinski definition) is 1. The summed E-state index contributed by atoms with van der Waals surface area (Å²) in [5.41, 5.74) is 3.90. The van der Waals surface area contributed by atoms with Crippen LogP contribution in [0.25, 0.3) is 0 Å². The highest BCUT2D eigenvalue weighted by molar-refractivity contribution is 5.95. The third-order valence-corrected chi connectivity index (χ3v) is 3.18. The maximum Gasteiger partial charge on any atom is 0.159 e. The lowest BCUT2D eigenvalue weighted by molar-refractivity contribution is 0.101. The molecule has 3 nitrogen and oxygen atoms in total. The molecular weight excluding hydrogens is 236 g/mol. The topological polar surface area (TPSA) is 32.3 Å². The van der Waals surface area contributed by atoms with Crippen molar-refractivity contribution in [3.63, 3.8) is 0 Å². The first-order valence-electron chi connectivity index (χ1n) is 6.24. The molecule has 0 aromatic heterocycles. The van der Waals surface area contributed by atoms with Gasteiger partial charge in [-0.05, 0) is 43.3 Å². The van der Waals surface area contributed by atoms with Crippen LogP contribution in [0.5, 0.6) is 0 Å². The Bertz CT molecular complexity index is 576. The van der Waals surface area contributed by atoms with E-state index in [9.17, 15) is 4.79 Å². The molecule has 0 aliphatic rings. The summed E-state index contributed by atoms with van der Waals surface area (Å²) in [4.78, 5) is 13.5. The molecule has 0 radical (unpaired) electrons. The van der Waals surface area contributed by atoms with Crippen LogP contribution in [0.1, 0.15) is 17.3 Å². The summed E-state index contributed by atoms with van der Waals surface area (Å²) in [6.07, 6.45) is 0. The second kappa shape index (κ2) is 5.57. The number of carbonyl (C=O) groups is 1. The number of benzene rings is 2. The zero-order chi connectivity index (χ0) is 13.8. The Morgan fingerprint density at radius 1 is 1.05 bits per heavy atom. The van der Waals surface area contributed by atoms with E-state index in [2.05, 4.69) is 10.2 Å². The second-order valence-corrected chi connectivity index (χ2v) is 4.46. The summed E-state index contributed by atoms with van der Waals surface area (Å²) in [5, 5.41) is 3.09. The van der Waals surface area contributed by atoms with Crippen molar-refractivity contribution in [2.75, 3.05) is 24.3 Å². The smallest absolute Gasteiger partial charge is 0.159 e. The van der Waals surface area contributed by atoms with Crippen molar-refractivity contribution >= 4 is 22.8 Å². The summed E-state index contributed by atoms with van der Waals surface area (Å²) in [6.45, 7) is 1.58. The molecule has 2 aromatic carbocycles. The van der Waals surface area contributed by atoms with Crippen LogP contribution in [-0.2, 0) is 0 Å². The van der Waals surface area contributed by atoms with Gasteiger partial charge < -0.3 is 10.2 Å². The molecule has 3 heteroatoms. The van der Waals surface area contributed by atoms with E-state index in [4.69, 9.17) is 0 Å². The Labute approximate surface area is 113 Å². The van der Waals surface area contributed by atoms with Crippen molar-refractivity contribution in [2.45, 2.75) is 6.92 Å². The molecule has 2 rings (SSSR count). The fraction of sp³-hybridized carbons (Fsp3) is 0.188. The van der Waals surface area contributed by atoms with Gasteiger partial charge in [0.1, 0.15) is 0 Å². The summed E-state index contributed by atoms with van der Waals surface area (Å²) in [7, 11) is 3.89. The van der Waals surface area contributed by atoms with Crippen molar-refractivity contribution < 1.29 is 4.79 Å². The first-order valence-corrected chi connectivity index (χ1v) is 6.24. The van der Waals surface area contributed by atoms with E-state index in [1.165, 1.54) is 0 Å². The van der Waals surface area contributed by atoms with Crippen LogP contribution in [0.2, 0.25) is 0 Å². The molecule has 0 fully saturated rings. The molecule has 98 valence electrons. The Morgan fingerprint density at radius 3 is 2.32 bits per heavy atom. The largest absolute Gasteiger partial charge is 0.388 e. The summed E-state index contributed by atoms with van der Waals surface area (Å²) < 4.78 is 0. The first-order chi connectivity index (χ1) is 9.11. The van der Waals surface area contributed by atoms with Gasteiger partial charge in [-0.1, -0.05) is 12.1 Å². The number of ketones is 1. The van der Waals surface area contributed by atoms with Crippen molar-refractivity contribution in [1.82, 2.24) is 0 Å². The van der Waals surface area contributed by atoms with Gasteiger partial charge in [0.15, 0.2) is 5.78 Å². The summed E-state index contributed by atoms with van der Waals surface area (Å²) >= 11 is 0. The number of anilines is 3. The van der Waals surface area contributed by atoms with Crippen LogP contribution in [0.4, 0.5) is 17.1 Å². The van der Waals surface area contributed by atoms with Crippen LogP contribution in [0.15, 0.2) is 48.5 Å². The van der Waals surface area contributed by atoms with E-state index >= 15 is 0 Å². The van der Waals surface area contributed by atoms with Crippen LogP contribution in [-0.4, -0.2) is 19.9 Å². The third-order valence-electron chi connectivity index (χ3n) is 3.18. The maximum absolute atomic E-state index is 11.4. The lowest BCUT2D eigenvalue weighted by Gasteiger charge is -2.20. The SMILES string of the molecule is CNc1ccc(N(C)c2cccc(C(C)=O)c2)cc1.